The van der Waals surface area contributed by atoms with Crippen LogP contribution in [0.2, 0.25) is 0 Å². The largest absolute Gasteiger partial charge is 0.155 e. The van der Waals surface area contributed by atoms with Gasteiger partial charge >= 0.3 is 0 Å². The highest BCUT2D eigenvalue weighted by molar-refractivity contribution is 8.00. The zero-order valence-corrected chi connectivity index (χ0v) is 23.4. The first-order valence-electron chi connectivity index (χ1n) is 14.9. The van der Waals surface area contributed by atoms with Crippen molar-refractivity contribution in [1.29, 1.82) is 0 Å². The first-order valence-corrected chi connectivity index (χ1v) is 15.9. The van der Waals surface area contributed by atoms with Gasteiger partial charge in [0.25, 0.3) is 0 Å². The molecule has 31 heavy (non-hydrogen) atoms. The van der Waals surface area contributed by atoms with E-state index in [1.807, 2.05) is 0 Å². The van der Waals surface area contributed by atoms with Gasteiger partial charge in [-0.2, -0.15) is 11.8 Å². The molecule has 1 heteroatoms. The zero-order chi connectivity index (χ0) is 22.8. The summed E-state index contributed by atoms with van der Waals surface area (Å²) >= 11 is 2.44. The van der Waals surface area contributed by atoms with E-state index < -0.39 is 0 Å². The van der Waals surface area contributed by atoms with Gasteiger partial charge in [-0.3, -0.25) is 0 Å². The van der Waals surface area contributed by atoms with Gasteiger partial charge < -0.3 is 0 Å². The van der Waals surface area contributed by atoms with Crippen molar-refractivity contribution in [3.05, 3.63) is 0 Å². The van der Waals surface area contributed by atoms with E-state index in [2.05, 4.69) is 39.5 Å². The maximum absolute atomic E-state index is 2.44. The number of unbranched alkanes of at least 4 members (excludes halogenated alkanes) is 16. The Labute approximate surface area is 203 Å². The van der Waals surface area contributed by atoms with E-state index in [0.717, 1.165) is 10.5 Å². The molecule has 0 nitrogen and oxygen atoms in total. The predicted octanol–water partition coefficient (Wildman–Crippen LogP) is 11.9. The normalized spacial score (nSPS) is 13.5. The molecule has 0 aliphatic rings. The fraction of sp³-hybridized carbons (Fsp3) is 1.00. The number of thioether (sulfide) groups is 1. The van der Waals surface area contributed by atoms with E-state index in [4.69, 9.17) is 0 Å². The molecule has 0 bridgehead atoms. The van der Waals surface area contributed by atoms with E-state index in [1.54, 1.807) is 0 Å². The molecule has 2 unspecified atom stereocenters. The van der Waals surface area contributed by atoms with Crippen molar-refractivity contribution in [2.45, 2.75) is 192 Å². The lowest BCUT2D eigenvalue weighted by atomic mass is 10.0. The van der Waals surface area contributed by atoms with E-state index in [-0.39, 0.29) is 0 Å². The molecule has 0 aliphatic heterocycles. The molecule has 0 aliphatic carbocycles. The SMILES string of the molecule is CCCCCCCCC(CCCCCC)SC(CCCCCC)CCCCCCCC. The first-order chi connectivity index (χ1) is 15.3. The van der Waals surface area contributed by atoms with Crippen LogP contribution in [0.3, 0.4) is 0 Å². The van der Waals surface area contributed by atoms with Crippen LogP contribution >= 0.6 is 11.8 Å². The Kier molecular flexibility index (Phi) is 26.9. The van der Waals surface area contributed by atoms with Gasteiger partial charge in [-0.1, -0.05) is 156 Å². The Hall–Kier alpha value is 0.350. The third-order valence-electron chi connectivity index (χ3n) is 6.90. The third kappa shape index (κ3) is 23.3. The Morgan fingerprint density at radius 2 is 0.548 bits per heavy atom. The molecule has 0 saturated carbocycles. The lowest BCUT2D eigenvalue weighted by Crippen LogP contribution is -2.12. The van der Waals surface area contributed by atoms with Crippen LogP contribution in [0.4, 0.5) is 0 Å². The maximum Gasteiger partial charge on any atom is 0.00498 e. The second kappa shape index (κ2) is 26.6. The van der Waals surface area contributed by atoms with Crippen LogP contribution in [-0.2, 0) is 0 Å². The molecule has 0 saturated heterocycles. The Balaban J connectivity index is 4.47. The Morgan fingerprint density at radius 3 is 0.839 bits per heavy atom. The van der Waals surface area contributed by atoms with Gasteiger partial charge in [0.05, 0.1) is 0 Å². The highest BCUT2D eigenvalue weighted by atomic mass is 32.2. The summed E-state index contributed by atoms with van der Waals surface area (Å²) in [7, 11) is 0. The molecule has 0 aromatic rings. The molecular weight excluding hydrogens is 392 g/mol. The topological polar surface area (TPSA) is 0 Å². The van der Waals surface area contributed by atoms with Crippen LogP contribution in [0.25, 0.3) is 0 Å². The number of hydrogen-bond acceptors (Lipinski definition) is 1. The fourth-order valence-corrected chi connectivity index (χ4v) is 6.49. The van der Waals surface area contributed by atoms with Crippen molar-refractivity contribution in [2.24, 2.45) is 0 Å². The quantitative estimate of drug-likeness (QED) is 0.117. The number of rotatable bonds is 26. The van der Waals surface area contributed by atoms with Crippen LogP contribution in [0.5, 0.6) is 0 Å². The van der Waals surface area contributed by atoms with Crippen LogP contribution in [0.15, 0.2) is 0 Å². The molecule has 0 fully saturated rings. The fourth-order valence-electron chi connectivity index (χ4n) is 4.74. The van der Waals surface area contributed by atoms with E-state index >= 15 is 0 Å². The van der Waals surface area contributed by atoms with Crippen LogP contribution < -0.4 is 0 Å². The smallest absolute Gasteiger partial charge is 0.00498 e. The van der Waals surface area contributed by atoms with Crippen LogP contribution in [0, 0.1) is 0 Å². The molecule has 0 N–H and O–H groups in total. The van der Waals surface area contributed by atoms with Crippen LogP contribution in [-0.4, -0.2) is 10.5 Å². The molecule has 188 valence electrons. The molecule has 0 rings (SSSR count). The third-order valence-corrected chi connectivity index (χ3v) is 8.62. The molecule has 0 aromatic heterocycles. The maximum atomic E-state index is 2.44. The predicted molar refractivity (Wildman–Crippen MR) is 149 cm³/mol. The van der Waals surface area contributed by atoms with Gasteiger partial charge in [0.1, 0.15) is 0 Å². The lowest BCUT2D eigenvalue weighted by Gasteiger charge is -2.24. The van der Waals surface area contributed by atoms with E-state index in [0.29, 0.717) is 0 Å². The summed E-state index contributed by atoms with van der Waals surface area (Å²) in [6.45, 7) is 9.34. The van der Waals surface area contributed by atoms with Gasteiger partial charge in [0.2, 0.25) is 0 Å². The summed E-state index contributed by atoms with van der Waals surface area (Å²) in [5.74, 6) is 0. The average molecular weight is 455 g/mol. The minimum absolute atomic E-state index is 0.944. The summed E-state index contributed by atoms with van der Waals surface area (Å²) in [5.41, 5.74) is 0. The van der Waals surface area contributed by atoms with Crippen molar-refractivity contribution < 1.29 is 0 Å². The van der Waals surface area contributed by atoms with Gasteiger partial charge in [0, 0.05) is 10.5 Å². The second-order valence-corrected chi connectivity index (χ2v) is 11.8. The Morgan fingerprint density at radius 1 is 0.323 bits per heavy atom. The Bertz CT molecular complexity index is 284. The molecule has 2 atom stereocenters. The molecule has 0 heterocycles. The van der Waals surface area contributed by atoms with Crippen molar-refractivity contribution >= 4 is 11.8 Å². The van der Waals surface area contributed by atoms with Gasteiger partial charge in [0.15, 0.2) is 0 Å². The molecule has 0 radical (unpaired) electrons. The van der Waals surface area contributed by atoms with Crippen LogP contribution in [0.1, 0.15) is 182 Å². The van der Waals surface area contributed by atoms with Gasteiger partial charge in [-0.25, -0.2) is 0 Å². The van der Waals surface area contributed by atoms with E-state index in [9.17, 15) is 0 Å². The van der Waals surface area contributed by atoms with E-state index in [1.165, 1.54) is 154 Å². The summed E-state index contributed by atoms with van der Waals surface area (Å²) in [6, 6.07) is 0. The van der Waals surface area contributed by atoms with Gasteiger partial charge in [-0.05, 0) is 25.7 Å². The number of hydrogen-bond donors (Lipinski definition) is 0. The second-order valence-electron chi connectivity index (χ2n) is 10.2. The van der Waals surface area contributed by atoms with Crippen molar-refractivity contribution in [3.63, 3.8) is 0 Å². The summed E-state index contributed by atoms with van der Waals surface area (Å²) < 4.78 is 0. The molecule has 0 amide bonds. The van der Waals surface area contributed by atoms with Crippen molar-refractivity contribution in [3.8, 4) is 0 Å². The minimum atomic E-state index is 0.944. The minimum Gasteiger partial charge on any atom is -0.155 e. The van der Waals surface area contributed by atoms with Crippen molar-refractivity contribution in [1.82, 2.24) is 0 Å². The monoisotopic (exact) mass is 454 g/mol. The first kappa shape index (κ1) is 31.4. The summed E-state index contributed by atoms with van der Waals surface area (Å²) in [4.78, 5) is 0. The van der Waals surface area contributed by atoms with Gasteiger partial charge in [-0.15, -0.1) is 0 Å². The zero-order valence-electron chi connectivity index (χ0n) is 22.5. The molecular formula is C30H62S. The standard InChI is InChI=1S/C30H62S/c1-5-9-13-17-19-23-27-29(25-21-15-11-7-3)31-30(26-22-16-12-8-4)28-24-20-18-14-10-6-2/h29-30H,5-28H2,1-4H3. The van der Waals surface area contributed by atoms with Crippen molar-refractivity contribution in [2.75, 3.05) is 0 Å². The average Bonchev–Trinajstić information content (AvgIpc) is 2.78. The molecule has 0 spiro atoms. The summed E-state index contributed by atoms with van der Waals surface area (Å²) in [6.07, 6.45) is 34.8. The highest BCUT2D eigenvalue weighted by Gasteiger charge is 2.17. The highest BCUT2D eigenvalue weighted by Crippen LogP contribution is 2.33. The summed E-state index contributed by atoms with van der Waals surface area (Å²) in [5, 5.41) is 1.89. The molecule has 0 aromatic carbocycles. The lowest BCUT2D eigenvalue weighted by molar-refractivity contribution is 0.535.